The van der Waals surface area contributed by atoms with E-state index in [4.69, 9.17) is 11.6 Å². The summed E-state index contributed by atoms with van der Waals surface area (Å²) in [6.45, 7) is 1.90. The van der Waals surface area contributed by atoms with E-state index in [0.717, 1.165) is 41.0 Å². The molecule has 0 amide bonds. The molecule has 18 heavy (non-hydrogen) atoms. The molecule has 1 aliphatic carbocycles. The van der Waals surface area contributed by atoms with Crippen LogP contribution in [0.1, 0.15) is 31.2 Å². The van der Waals surface area contributed by atoms with Crippen molar-refractivity contribution in [2.75, 3.05) is 13.2 Å². The standard InChI is InChI=1S/C14H19BrClNO/c15-12-3-4-13(16)11(7-12)8-17-9-14(10-18)5-1-2-6-14/h3-4,7,17-18H,1-2,5-6,8-10H2. The second-order valence-electron chi connectivity index (χ2n) is 5.20. The molecule has 0 aromatic heterocycles. The molecular weight excluding hydrogens is 314 g/mol. The predicted octanol–water partition coefficient (Wildman–Crippen LogP) is 3.74. The zero-order valence-corrected chi connectivity index (χ0v) is 12.7. The number of nitrogens with one attached hydrogen (secondary N) is 1. The van der Waals surface area contributed by atoms with Gasteiger partial charge in [0.1, 0.15) is 0 Å². The lowest BCUT2D eigenvalue weighted by molar-refractivity contribution is 0.128. The Bertz CT molecular complexity index is 405. The molecule has 2 N–H and O–H groups in total. The number of hydrogen-bond donors (Lipinski definition) is 2. The number of rotatable bonds is 5. The van der Waals surface area contributed by atoms with Crippen LogP contribution in [0.2, 0.25) is 5.02 Å². The van der Waals surface area contributed by atoms with Gasteiger partial charge in [0.15, 0.2) is 0 Å². The Labute approximate surface area is 122 Å². The van der Waals surface area contributed by atoms with Gasteiger partial charge in [-0.05, 0) is 36.6 Å². The van der Waals surface area contributed by atoms with E-state index in [-0.39, 0.29) is 12.0 Å². The van der Waals surface area contributed by atoms with E-state index in [0.29, 0.717) is 0 Å². The van der Waals surface area contributed by atoms with Crippen molar-refractivity contribution in [2.45, 2.75) is 32.2 Å². The van der Waals surface area contributed by atoms with Crippen LogP contribution in [0.4, 0.5) is 0 Å². The molecule has 100 valence electrons. The van der Waals surface area contributed by atoms with Gasteiger partial charge < -0.3 is 10.4 Å². The van der Waals surface area contributed by atoms with Crippen molar-refractivity contribution < 1.29 is 5.11 Å². The minimum Gasteiger partial charge on any atom is -0.396 e. The molecule has 1 fully saturated rings. The van der Waals surface area contributed by atoms with Crippen molar-refractivity contribution in [1.29, 1.82) is 0 Å². The lowest BCUT2D eigenvalue weighted by atomic mass is 9.87. The fourth-order valence-corrected chi connectivity index (χ4v) is 3.25. The first-order chi connectivity index (χ1) is 8.65. The monoisotopic (exact) mass is 331 g/mol. The maximum Gasteiger partial charge on any atom is 0.0499 e. The van der Waals surface area contributed by atoms with Crippen LogP contribution in [-0.4, -0.2) is 18.3 Å². The fraction of sp³-hybridized carbons (Fsp3) is 0.571. The van der Waals surface area contributed by atoms with Crippen LogP contribution < -0.4 is 5.32 Å². The summed E-state index contributed by atoms with van der Waals surface area (Å²) in [5.74, 6) is 0. The van der Waals surface area contributed by atoms with Gasteiger partial charge >= 0.3 is 0 Å². The summed E-state index contributed by atoms with van der Waals surface area (Å²) in [4.78, 5) is 0. The Kier molecular flexibility index (Phi) is 5.07. The van der Waals surface area contributed by atoms with Crippen molar-refractivity contribution in [3.8, 4) is 0 Å². The van der Waals surface area contributed by atoms with Gasteiger partial charge in [-0.2, -0.15) is 0 Å². The summed E-state index contributed by atoms with van der Waals surface area (Å²) in [6.07, 6.45) is 4.73. The molecule has 0 aliphatic heterocycles. The summed E-state index contributed by atoms with van der Waals surface area (Å²) in [7, 11) is 0. The summed E-state index contributed by atoms with van der Waals surface area (Å²) in [6, 6.07) is 5.88. The van der Waals surface area contributed by atoms with E-state index >= 15 is 0 Å². The lowest BCUT2D eigenvalue weighted by Crippen LogP contribution is -2.34. The molecule has 4 heteroatoms. The molecule has 1 aromatic carbocycles. The zero-order valence-electron chi connectivity index (χ0n) is 10.4. The Morgan fingerprint density at radius 3 is 2.72 bits per heavy atom. The third kappa shape index (κ3) is 3.47. The van der Waals surface area contributed by atoms with Gasteiger partial charge in [-0.3, -0.25) is 0 Å². The second kappa shape index (κ2) is 6.38. The molecule has 2 rings (SSSR count). The van der Waals surface area contributed by atoms with Crippen molar-refractivity contribution in [2.24, 2.45) is 5.41 Å². The summed E-state index contributed by atoms with van der Waals surface area (Å²) in [5.41, 5.74) is 1.19. The third-order valence-corrected chi connectivity index (χ3v) is 4.68. The molecule has 1 aliphatic rings. The first-order valence-corrected chi connectivity index (χ1v) is 7.58. The van der Waals surface area contributed by atoms with Crippen LogP contribution in [0.5, 0.6) is 0 Å². The quantitative estimate of drug-likeness (QED) is 0.861. The molecular formula is C14H19BrClNO. The highest BCUT2D eigenvalue weighted by atomic mass is 79.9. The van der Waals surface area contributed by atoms with Crippen molar-refractivity contribution in [3.05, 3.63) is 33.3 Å². The number of hydrogen-bond acceptors (Lipinski definition) is 2. The van der Waals surface area contributed by atoms with Crippen LogP contribution in [0.15, 0.2) is 22.7 Å². The molecule has 0 spiro atoms. The van der Waals surface area contributed by atoms with Crippen LogP contribution in [0, 0.1) is 5.41 Å². The lowest BCUT2D eigenvalue weighted by Gasteiger charge is -2.26. The first kappa shape index (κ1) is 14.3. The molecule has 0 saturated heterocycles. The molecule has 0 radical (unpaired) electrons. The summed E-state index contributed by atoms with van der Waals surface area (Å²) >= 11 is 9.60. The van der Waals surface area contributed by atoms with Crippen molar-refractivity contribution in [1.82, 2.24) is 5.32 Å². The second-order valence-corrected chi connectivity index (χ2v) is 6.53. The summed E-state index contributed by atoms with van der Waals surface area (Å²) < 4.78 is 1.04. The Morgan fingerprint density at radius 1 is 1.33 bits per heavy atom. The highest BCUT2D eigenvalue weighted by Crippen LogP contribution is 2.37. The van der Waals surface area contributed by atoms with Crippen molar-refractivity contribution >= 4 is 27.5 Å². The van der Waals surface area contributed by atoms with Gasteiger partial charge in [0, 0.05) is 34.6 Å². The maximum absolute atomic E-state index is 9.54. The van der Waals surface area contributed by atoms with Gasteiger partial charge in [-0.1, -0.05) is 40.4 Å². The summed E-state index contributed by atoms with van der Waals surface area (Å²) in [5, 5.41) is 13.8. The molecule has 0 heterocycles. The number of benzene rings is 1. The fourth-order valence-electron chi connectivity index (χ4n) is 2.66. The molecule has 2 nitrogen and oxygen atoms in total. The first-order valence-electron chi connectivity index (χ1n) is 6.41. The number of halogens is 2. The topological polar surface area (TPSA) is 32.3 Å². The molecule has 0 bridgehead atoms. The van der Waals surface area contributed by atoms with E-state index in [1.165, 1.54) is 12.8 Å². The minimum atomic E-state index is 0.0957. The molecule has 0 atom stereocenters. The minimum absolute atomic E-state index is 0.0957. The molecule has 0 unspecified atom stereocenters. The Balaban J connectivity index is 1.89. The van der Waals surface area contributed by atoms with Crippen molar-refractivity contribution in [3.63, 3.8) is 0 Å². The number of aliphatic hydroxyl groups excluding tert-OH is 1. The van der Waals surface area contributed by atoms with Gasteiger partial charge in [0.05, 0.1) is 0 Å². The SMILES string of the molecule is OCC1(CNCc2cc(Br)ccc2Cl)CCCC1. The van der Waals surface area contributed by atoms with E-state index in [2.05, 4.69) is 21.2 Å². The molecule has 1 saturated carbocycles. The van der Waals surface area contributed by atoms with Crippen LogP contribution in [0.3, 0.4) is 0 Å². The van der Waals surface area contributed by atoms with E-state index in [9.17, 15) is 5.11 Å². The van der Waals surface area contributed by atoms with Crippen LogP contribution >= 0.6 is 27.5 Å². The highest BCUT2D eigenvalue weighted by Gasteiger charge is 2.32. The third-order valence-electron chi connectivity index (χ3n) is 3.82. The van der Waals surface area contributed by atoms with E-state index in [1.807, 2.05) is 18.2 Å². The van der Waals surface area contributed by atoms with Crippen LogP contribution in [0.25, 0.3) is 0 Å². The maximum atomic E-state index is 9.54. The highest BCUT2D eigenvalue weighted by molar-refractivity contribution is 9.10. The van der Waals surface area contributed by atoms with Gasteiger partial charge in [-0.25, -0.2) is 0 Å². The van der Waals surface area contributed by atoms with Gasteiger partial charge in [-0.15, -0.1) is 0 Å². The zero-order chi connectivity index (χ0) is 13.0. The largest absolute Gasteiger partial charge is 0.396 e. The van der Waals surface area contributed by atoms with E-state index < -0.39 is 0 Å². The average molecular weight is 333 g/mol. The Morgan fingerprint density at radius 2 is 2.06 bits per heavy atom. The van der Waals surface area contributed by atoms with Crippen LogP contribution in [-0.2, 0) is 6.54 Å². The number of aliphatic hydroxyl groups is 1. The van der Waals surface area contributed by atoms with Gasteiger partial charge in [0.2, 0.25) is 0 Å². The molecule has 1 aromatic rings. The predicted molar refractivity (Wildman–Crippen MR) is 78.8 cm³/mol. The Hall–Kier alpha value is -0.0900. The smallest absolute Gasteiger partial charge is 0.0499 e. The average Bonchev–Trinajstić information content (AvgIpc) is 2.83. The van der Waals surface area contributed by atoms with Gasteiger partial charge in [0.25, 0.3) is 0 Å². The normalized spacial score (nSPS) is 18.2. The van der Waals surface area contributed by atoms with E-state index in [1.54, 1.807) is 0 Å².